The first kappa shape index (κ1) is 30.5. The van der Waals surface area contributed by atoms with Gasteiger partial charge in [-0.25, -0.2) is 13.1 Å². The third-order valence-electron chi connectivity index (χ3n) is 10.4. The van der Waals surface area contributed by atoms with E-state index in [0.29, 0.717) is 43.7 Å². The number of aryl methyl sites for hydroxylation is 1. The summed E-state index contributed by atoms with van der Waals surface area (Å²) in [5.41, 5.74) is 3.35. The molecule has 1 fully saturated rings. The summed E-state index contributed by atoms with van der Waals surface area (Å²) in [5, 5.41) is 11.2. The van der Waals surface area contributed by atoms with Crippen LogP contribution in [-0.4, -0.2) is 50.5 Å². The number of allylic oxidation sites excluding steroid dienone is 1. The SMILES string of the molecule is CCC[C@@H]1[C@H](C)C/C=C\[C@@H](O)[C@@H]2CC[C@H]2CN2C[C@@]3(CCCc4cc(Cl)ccc43)COc3ccc(cc32)C(=O)NS1(=O)=O. The van der Waals surface area contributed by atoms with Crippen molar-refractivity contribution in [3.63, 3.8) is 0 Å². The van der Waals surface area contributed by atoms with Gasteiger partial charge in [-0.15, -0.1) is 0 Å². The Morgan fingerprint density at radius 2 is 2.02 bits per heavy atom. The van der Waals surface area contributed by atoms with Crippen LogP contribution in [0.5, 0.6) is 5.75 Å². The molecule has 0 saturated heterocycles. The molecular weight excluding hydrogens is 584 g/mol. The summed E-state index contributed by atoms with van der Waals surface area (Å²) in [7, 11) is -3.93. The second kappa shape index (κ2) is 12.1. The third kappa shape index (κ3) is 5.95. The second-order valence-electron chi connectivity index (χ2n) is 13.2. The molecule has 1 saturated carbocycles. The fraction of sp³-hybridized carbons (Fsp3) is 0.559. The zero-order valence-corrected chi connectivity index (χ0v) is 26.7. The number of hydrogen-bond donors (Lipinski definition) is 2. The van der Waals surface area contributed by atoms with Crippen LogP contribution in [0.3, 0.4) is 0 Å². The normalized spacial score (nSPS) is 32.8. The van der Waals surface area contributed by atoms with Crippen molar-refractivity contribution in [2.45, 2.75) is 82.0 Å². The third-order valence-corrected chi connectivity index (χ3v) is 12.6. The van der Waals surface area contributed by atoms with E-state index in [9.17, 15) is 18.3 Å². The maximum Gasteiger partial charge on any atom is 0.264 e. The number of nitrogens with zero attached hydrogens (tertiary/aromatic N) is 1. The number of rotatable bonds is 2. The summed E-state index contributed by atoms with van der Waals surface area (Å²) < 4.78 is 36.0. The average Bonchev–Trinajstić information content (AvgIpc) is 3.10. The smallest absolute Gasteiger partial charge is 0.264 e. The van der Waals surface area contributed by atoms with Crippen molar-refractivity contribution in [1.29, 1.82) is 0 Å². The Balaban J connectivity index is 1.42. The number of halogens is 1. The second-order valence-corrected chi connectivity index (χ2v) is 15.6. The first-order valence-electron chi connectivity index (χ1n) is 15.8. The molecule has 9 heteroatoms. The van der Waals surface area contributed by atoms with E-state index in [-0.39, 0.29) is 23.2 Å². The van der Waals surface area contributed by atoms with E-state index in [4.69, 9.17) is 16.3 Å². The van der Waals surface area contributed by atoms with Crippen LogP contribution in [0.25, 0.3) is 0 Å². The van der Waals surface area contributed by atoms with Crippen LogP contribution < -0.4 is 14.4 Å². The number of nitrogens with one attached hydrogen (secondary N) is 1. The van der Waals surface area contributed by atoms with Crippen LogP contribution in [0.4, 0.5) is 5.69 Å². The van der Waals surface area contributed by atoms with Gasteiger partial charge in [0.05, 0.1) is 23.6 Å². The summed E-state index contributed by atoms with van der Waals surface area (Å²) in [5.74, 6) is 0.271. The maximum atomic E-state index is 13.5. The first-order valence-corrected chi connectivity index (χ1v) is 17.7. The highest BCUT2D eigenvalue weighted by atomic mass is 35.5. The van der Waals surface area contributed by atoms with Crippen molar-refractivity contribution in [3.05, 3.63) is 70.3 Å². The van der Waals surface area contributed by atoms with Gasteiger partial charge < -0.3 is 14.7 Å². The number of ether oxygens (including phenoxy) is 1. The Morgan fingerprint density at radius 3 is 2.79 bits per heavy atom. The molecule has 6 atom stereocenters. The van der Waals surface area contributed by atoms with Crippen LogP contribution in [0, 0.1) is 17.8 Å². The molecule has 4 aliphatic rings. The number of carbonyl (C=O) groups is 1. The highest BCUT2D eigenvalue weighted by Crippen LogP contribution is 2.46. The van der Waals surface area contributed by atoms with Crippen molar-refractivity contribution in [2.75, 3.05) is 24.6 Å². The molecule has 2 aliphatic heterocycles. The van der Waals surface area contributed by atoms with Gasteiger partial charge >= 0.3 is 0 Å². The van der Waals surface area contributed by atoms with Crippen LogP contribution >= 0.6 is 11.6 Å². The molecule has 2 N–H and O–H groups in total. The zero-order valence-electron chi connectivity index (χ0n) is 25.1. The predicted molar refractivity (Wildman–Crippen MR) is 170 cm³/mol. The summed E-state index contributed by atoms with van der Waals surface area (Å²) in [4.78, 5) is 15.8. The van der Waals surface area contributed by atoms with E-state index in [1.54, 1.807) is 18.2 Å². The monoisotopic (exact) mass is 626 g/mol. The molecule has 2 aliphatic carbocycles. The number of aliphatic hydroxyl groups is 1. The van der Waals surface area contributed by atoms with Gasteiger partial charge in [-0.1, -0.05) is 50.1 Å². The number of carbonyl (C=O) groups excluding carboxylic acids is 1. The molecule has 7 nitrogen and oxygen atoms in total. The quantitative estimate of drug-likeness (QED) is 0.396. The molecule has 232 valence electrons. The lowest BCUT2D eigenvalue weighted by molar-refractivity contribution is 0.0455. The van der Waals surface area contributed by atoms with Crippen LogP contribution in [0.15, 0.2) is 48.6 Å². The Bertz CT molecular complexity index is 1510. The summed E-state index contributed by atoms with van der Waals surface area (Å²) in [6.45, 7) is 5.77. The number of sulfonamides is 1. The minimum absolute atomic E-state index is 0.127. The zero-order chi connectivity index (χ0) is 30.4. The number of aliphatic hydroxyl groups excluding tert-OH is 1. The van der Waals surface area contributed by atoms with E-state index in [1.165, 1.54) is 11.1 Å². The van der Waals surface area contributed by atoms with Crippen molar-refractivity contribution < 1.29 is 23.1 Å². The highest BCUT2D eigenvalue weighted by Gasteiger charge is 2.44. The van der Waals surface area contributed by atoms with E-state index in [2.05, 4.69) is 21.8 Å². The van der Waals surface area contributed by atoms with E-state index >= 15 is 0 Å². The number of hydrogen-bond acceptors (Lipinski definition) is 6. The van der Waals surface area contributed by atoms with Crippen molar-refractivity contribution in [2.24, 2.45) is 17.8 Å². The van der Waals surface area contributed by atoms with Gasteiger partial charge in [-0.05, 0) is 104 Å². The molecule has 2 aromatic carbocycles. The average molecular weight is 627 g/mol. The molecule has 1 amide bonds. The van der Waals surface area contributed by atoms with Crippen molar-refractivity contribution in [1.82, 2.24) is 4.72 Å². The molecule has 0 radical (unpaired) electrons. The Morgan fingerprint density at radius 1 is 1.19 bits per heavy atom. The van der Waals surface area contributed by atoms with Crippen molar-refractivity contribution >= 4 is 33.2 Å². The summed E-state index contributed by atoms with van der Waals surface area (Å²) in [6, 6.07) is 11.4. The molecule has 2 bridgehead atoms. The number of benzene rings is 2. The molecule has 2 heterocycles. The molecular formula is C34H43ClN2O5S. The summed E-state index contributed by atoms with van der Waals surface area (Å²) >= 11 is 6.39. The highest BCUT2D eigenvalue weighted by molar-refractivity contribution is 7.90. The number of amides is 1. The standard InChI is InChI=1S/C34H43ClN2O5S/c1-3-6-32-22(2)7-4-9-30(38)27-13-10-25(27)19-37-20-34(16-5-8-23-17-26(35)12-14-28(23)34)21-42-31-15-11-24(18-29(31)37)33(39)36-43(32,40)41/h4,9,11-12,14-15,17-18,22,25,27,30,32,38H,3,5-8,10,13,16,19-21H2,1-2H3,(H,36,39)/b9-4-/t22-,25+,27-,30-,32-,34+/m1/s1. The maximum absolute atomic E-state index is 13.5. The lowest BCUT2D eigenvalue weighted by Gasteiger charge is -2.45. The Hall–Kier alpha value is -2.55. The first-order chi connectivity index (χ1) is 20.6. The summed E-state index contributed by atoms with van der Waals surface area (Å²) in [6.07, 6.45) is 9.79. The van der Waals surface area contributed by atoms with E-state index in [0.717, 1.165) is 49.4 Å². The van der Waals surface area contributed by atoms with Crippen LogP contribution in [0.1, 0.15) is 80.3 Å². The molecule has 2 aromatic rings. The minimum atomic E-state index is -3.93. The molecule has 0 unspecified atom stereocenters. The Kier molecular flexibility index (Phi) is 8.57. The topological polar surface area (TPSA) is 95.9 Å². The minimum Gasteiger partial charge on any atom is -0.490 e. The van der Waals surface area contributed by atoms with Crippen LogP contribution in [-0.2, 0) is 21.9 Å². The van der Waals surface area contributed by atoms with Gasteiger partial charge in [0.15, 0.2) is 0 Å². The van der Waals surface area contributed by atoms with Gasteiger partial charge in [0.2, 0.25) is 10.0 Å². The molecule has 0 aromatic heterocycles. The van der Waals surface area contributed by atoms with Crippen molar-refractivity contribution in [3.8, 4) is 5.75 Å². The van der Waals surface area contributed by atoms with Gasteiger partial charge in [-0.2, -0.15) is 0 Å². The number of fused-ring (bicyclic) bond motifs is 4. The van der Waals surface area contributed by atoms with Gasteiger partial charge in [0.1, 0.15) is 5.75 Å². The molecule has 1 spiro atoms. The molecule has 43 heavy (non-hydrogen) atoms. The molecule has 6 rings (SSSR count). The van der Waals surface area contributed by atoms with Crippen LogP contribution in [0.2, 0.25) is 5.02 Å². The lowest BCUT2D eigenvalue weighted by atomic mass is 9.68. The predicted octanol–water partition coefficient (Wildman–Crippen LogP) is 6.02. The fourth-order valence-electron chi connectivity index (χ4n) is 7.83. The van der Waals surface area contributed by atoms with E-state index in [1.807, 2.05) is 32.1 Å². The van der Waals surface area contributed by atoms with Gasteiger partial charge in [0, 0.05) is 29.1 Å². The number of anilines is 1. The van der Waals surface area contributed by atoms with Gasteiger partial charge in [0.25, 0.3) is 5.91 Å². The van der Waals surface area contributed by atoms with E-state index < -0.39 is 27.3 Å². The van der Waals surface area contributed by atoms with Gasteiger partial charge in [-0.3, -0.25) is 4.79 Å². The lowest BCUT2D eigenvalue weighted by Crippen LogP contribution is -2.49. The largest absolute Gasteiger partial charge is 0.490 e. The Labute approximate surface area is 260 Å². The fourth-order valence-corrected chi connectivity index (χ4v) is 9.82.